The Bertz CT molecular complexity index is 708. The fourth-order valence-electron chi connectivity index (χ4n) is 2.35. The molecule has 1 amide bonds. The molecular weight excluding hydrogens is 349 g/mol. The zero-order valence-electron chi connectivity index (χ0n) is 14.1. The van der Waals surface area contributed by atoms with Crippen molar-refractivity contribution < 1.29 is 23.1 Å². The van der Waals surface area contributed by atoms with Gasteiger partial charge in [-0.25, -0.2) is 9.97 Å². The van der Waals surface area contributed by atoms with Gasteiger partial charge in [-0.2, -0.15) is 13.2 Å². The second-order valence-corrected chi connectivity index (χ2v) is 5.73. The van der Waals surface area contributed by atoms with E-state index in [2.05, 4.69) is 15.0 Å². The van der Waals surface area contributed by atoms with Gasteiger partial charge in [-0.15, -0.1) is 0 Å². The summed E-state index contributed by atoms with van der Waals surface area (Å²) in [7, 11) is 0. The highest BCUT2D eigenvalue weighted by atomic mass is 19.4. The van der Waals surface area contributed by atoms with E-state index in [1.54, 1.807) is 18.3 Å². The predicted molar refractivity (Wildman–Crippen MR) is 86.8 cm³/mol. The Hall–Kier alpha value is -2.55. The van der Waals surface area contributed by atoms with E-state index in [9.17, 15) is 23.1 Å². The molecule has 0 aliphatic carbocycles. The van der Waals surface area contributed by atoms with Crippen molar-refractivity contribution >= 4 is 5.91 Å². The number of aromatic nitrogens is 3. The maximum absolute atomic E-state index is 12.5. The minimum absolute atomic E-state index is 0.0693. The Morgan fingerprint density at radius 3 is 2.50 bits per heavy atom. The molecule has 0 bridgehead atoms. The molecule has 0 radical (unpaired) electrons. The number of nitrogens with zero attached hydrogens (tertiary/aromatic N) is 4. The largest absolute Gasteiger partial charge is 0.451 e. The van der Waals surface area contributed by atoms with Crippen LogP contribution in [0.2, 0.25) is 0 Å². The summed E-state index contributed by atoms with van der Waals surface area (Å²) in [6.07, 6.45) is 0.101. The van der Waals surface area contributed by atoms with E-state index >= 15 is 0 Å². The summed E-state index contributed by atoms with van der Waals surface area (Å²) in [5.74, 6) is -1.57. The molecule has 2 rings (SSSR count). The molecule has 140 valence electrons. The first kappa shape index (κ1) is 19.8. The lowest BCUT2D eigenvalue weighted by Crippen LogP contribution is -2.36. The number of hydrogen-bond acceptors (Lipinski definition) is 5. The van der Waals surface area contributed by atoms with E-state index in [-0.39, 0.29) is 24.4 Å². The summed E-state index contributed by atoms with van der Waals surface area (Å²) in [6.45, 7) is 2.37. The molecule has 2 aromatic rings. The first-order valence-corrected chi connectivity index (χ1v) is 8.05. The smallest absolute Gasteiger partial charge is 0.386 e. The van der Waals surface area contributed by atoms with Crippen molar-refractivity contribution in [1.29, 1.82) is 0 Å². The van der Waals surface area contributed by atoms with Crippen LogP contribution in [0, 0.1) is 0 Å². The number of aliphatic hydroxyl groups excluding tert-OH is 1. The predicted octanol–water partition coefficient (Wildman–Crippen LogP) is 2.41. The van der Waals surface area contributed by atoms with Crippen LogP contribution < -0.4 is 0 Å². The van der Waals surface area contributed by atoms with Gasteiger partial charge in [0.05, 0.1) is 19.1 Å². The Kier molecular flexibility index (Phi) is 6.62. The second-order valence-electron chi connectivity index (χ2n) is 5.73. The first-order valence-electron chi connectivity index (χ1n) is 8.05. The van der Waals surface area contributed by atoms with Gasteiger partial charge in [-0.05, 0) is 18.1 Å². The molecule has 0 unspecified atom stereocenters. The molecule has 9 heteroatoms. The van der Waals surface area contributed by atoms with Crippen LogP contribution in [0.3, 0.4) is 0 Å². The fraction of sp³-hybridized carbons (Fsp3) is 0.412. The Morgan fingerprint density at radius 1 is 1.27 bits per heavy atom. The van der Waals surface area contributed by atoms with Crippen molar-refractivity contribution in [1.82, 2.24) is 19.9 Å². The van der Waals surface area contributed by atoms with Crippen LogP contribution in [-0.2, 0) is 17.4 Å². The molecule has 6 nitrogen and oxygen atoms in total. The van der Waals surface area contributed by atoms with Gasteiger partial charge < -0.3 is 10.0 Å². The van der Waals surface area contributed by atoms with E-state index in [1.807, 2.05) is 6.92 Å². The molecular formula is C17H19F3N4O2. The molecule has 1 atom stereocenters. The Labute approximate surface area is 148 Å². The van der Waals surface area contributed by atoms with Gasteiger partial charge in [-0.1, -0.05) is 13.0 Å². The van der Waals surface area contributed by atoms with Crippen molar-refractivity contribution in [3.63, 3.8) is 0 Å². The van der Waals surface area contributed by atoms with Crippen molar-refractivity contribution in [3.05, 3.63) is 53.9 Å². The van der Waals surface area contributed by atoms with Crippen LogP contribution in [0.4, 0.5) is 13.2 Å². The van der Waals surface area contributed by atoms with Crippen LogP contribution in [0.25, 0.3) is 0 Å². The maximum atomic E-state index is 12.5. The molecule has 2 heterocycles. The molecule has 1 N–H and O–H groups in total. The van der Waals surface area contributed by atoms with E-state index in [0.717, 1.165) is 12.4 Å². The van der Waals surface area contributed by atoms with Gasteiger partial charge in [0.15, 0.2) is 0 Å². The lowest BCUT2D eigenvalue weighted by atomic mass is 10.1. The van der Waals surface area contributed by atoms with Crippen molar-refractivity contribution in [2.45, 2.75) is 32.0 Å². The molecule has 0 aliphatic rings. The summed E-state index contributed by atoms with van der Waals surface area (Å²) < 4.78 is 37.4. The van der Waals surface area contributed by atoms with E-state index < -0.39 is 18.1 Å². The number of hydrogen-bond donors (Lipinski definition) is 1. The molecule has 26 heavy (non-hydrogen) atoms. The van der Waals surface area contributed by atoms with Crippen LogP contribution in [0.1, 0.15) is 36.4 Å². The first-order chi connectivity index (χ1) is 12.3. The average Bonchev–Trinajstić information content (AvgIpc) is 2.61. The molecule has 0 spiro atoms. The highest BCUT2D eigenvalue weighted by Gasteiger charge is 2.34. The van der Waals surface area contributed by atoms with Crippen molar-refractivity contribution in [2.24, 2.45) is 0 Å². The number of aliphatic hydroxyl groups is 1. The highest BCUT2D eigenvalue weighted by molar-refractivity contribution is 5.78. The number of carbonyl (C=O) groups excluding carboxylic acids is 1. The van der Waals surface area contributed by atoms with Gasteiger partial charge in [0.2, 0.25) is 11.7 Å². The number of pyridine rings is 1. The lowest BCUT2D eigenvalue weighted by Gasteiger charge is -2.25. The van der Waals surface area contributed by atoms with E-state index in [1.165, 1.54) is 11.1 Å². The van der Waals surface area contributed by atoms with Crippen molar-refractivity contribution in [3.8, 4) is 0 Å². The van der Waals surface area contributed by atoms with Gasteiger partial charge >= 0.3 is 6.18 Å². The van der Waals surface area contributed by atoms with Crippen molar-refractivity contribution in [2.75, 3.05) is 13.1 Å². The minimum atomic E-state index is -4.62. The van der Waals surface area contributed by atoms with E-state index in [4.69, 9.17) is 0 Å². The second kappa shape index (κ2) is 8.70. The maximum Gasteiger partial charge on any atom is 0.451 e. The van der Waals surface area contributed by atoms with Gasteiger partial charge in [0, 0.05) is 36.9 Å². The van der Waals surface area contributed by atoms with Gasteiger partial charge in [-0.3, -0.25) is 9.78 Å². The topological polar surface area (TPSA) is 79.2 Å². The lowest BCUT2D eigenvalue weighted by molar-refractivity contribution is -0.145. The summed E-state index contributed by atoms with van der Waals surface area (Å²) in [5, 5.41) is 10.3. The molecule has 2 aromatic heterocycles. The molecule has 0 aliphatic heterocycles. The third kappa shape index (κ3) is 5.48. The van der Waals surface area contributed by atoms with Crippen LogP contribution in [0.5, 0.6) is 0 Å². The van der Waals surface area contributed by atoms with Gasteiger partial charge in [0.25, 0.3) is 0 Å². The highest BCUT2D eigenvalue weighted by Crippen LogP contribution is 2.25. The van der Waals surface area contributed by atoms with Gasteiger partial charge in [0.1, 0.15) is 0 Å². The molecule has 0 saturated carbocycles. The summed E-state index contributed by atoms with van der Waals surface area (Å²) in [6, 6.07) is 3.39. The third-order valence-corrected chi connectivity index (χ3v) is 3.62. The summed E-state index contributed by atoms with van der Waals surface area (Å²) >= 11 is 0. The number of rotatable bonds is 7. The standard InChI is InChI=1S/C17H19F3N4O2/c1-2-6-24(11-14(25)13-4-3-5-21-10-13)15(26)7-12-8-22-16(23-9-12)17(18,19)20/h3-5,8-10,14,25H,2,6-7,11H2,1H3/t14-/m1/s1. The zero-order valence-corrected chi connectivity index (χ0v) is 14.1. The zero-order chi connectivity index (χ0) is 19.2. The van der Waals surface area contributed by atoms with Crippen LogP contribution in [-0.4, -0.2) is 44.0 Å². The molecule has 0 saturated heterocycles. The van der Waals surface area contributed by atoms with Crippen LogP contribution >= 0.6 is 0 Å². The minimum Gasteiger partial charge on any atom is -0.386 e. The number of carbonyl (C=O) groups is 1. The average molecular weight is 368 g/mol. The third-order valence-electron chi connectivity index (χ3n) is 3.62. The summed E-state index contributed by atoms with van der Waals surface area (Å²) in [5.41, 5.74) is 0.860. The van der Waals surface area contributed by atoms with Crippen LogP contribution in [0.15, 0.2) is 36.9 Å². The fourth-order valence-corrected chi connectivity index (χ4v) is 2.35. The Balaban J connectivity index is 2.03. The number of amides is 1. The molecule has 0 fully saturated rings. The quantitative estimate of drug-likeness (QED) is 0.812. The number of alkyl halides is 3. The summed E-state index contributed by atoms with van der Waals surface area (Å²) in [4.78, 5) is 24.4. The monoisotopic (exact) mass is 368 g/mol. The SMILES string of the molecule is CCCN(C[C@@H](O)c1cccnc1)C(=O)Cc1cnc(C(F)(F)F)nc1. The van der Waals surface area contributed by atoms with E-state index in [0.29, 0.717) is 18.5 Å². The Morgan fingerprint density at radius 2 is 1.96 bits per heavy atom. The number of halogens is 3. The normalized spacial score (nSPS) is 12.7. The molecule has 0 aromatic carbocycles.